The number of ether oxygens (including phenoxy) is 2. The normalized spacial score (nSPS) is 14.5. The van der Waals surface area contributed by atoms with Gasteiger partial charge in [-0.05, 0) is 6.08 Å². The van der Waals surface area contributed by atoms with E-state index >= 15 is 0 Å². The van der Waals surface area contributed by atoms with Crippen LogP contribution in [0.2, 0.25) is 0 Å². The molecule has 16 heteroatoms. The maximum absolute atomic E-state index is 13.4. The van der Waals surface area contributed by atoms with E-state index in [2.05, 4.69) is 4.74 Å². The van der Waals surface area contributed by atoms with Gasteiger partial charge < -0.3 is 9.47 Å². The molecule has 0 N–H and O–H groups in total. The van der Waals surface area contributed by atoms with E-state index in [-0.39, 0.29) is 13.2 Å². The molecule has 0 aliphatic heterocycles. The number of esters is 1. The fourth-order valence-electron chi connectivity index (χ4n) is 1.68. The minimum absolute atomic E-state index is 0.120. The average Bonchev–Trinajstić information content (AvgIpc) is 2.68. The Bertz CT molecular complexity index is 689. The van der Waals surface area contributed by atoms with Gasteiger partial charge >= 0.3 is 42.0 Å². The van der Waals surface area contributed by atoms with Crippen LogP contribution < -0.4 is 0 Å². The van der Waals surface area contributed by atoms with Crippen molar-refractivity contribution < 1.29 is 71.7 Å². The third kappa shape index (κ3) is 5.95. The summed E-state index contributed by atoms with van der Waals surface area (Å²) in [5.41, 5.74) is 0. The van der Waals surface area contributed by atoms with Gasteiger partial charge in [-0.1, -0.05) is 18.2 Å². The third-order valence-electron chi connectivity index (χ3n) is 3.45. The van der Waals surface area contributed by atoms with E-state index in [1.165, 1.54) is 18.2 Å². The Morgan fingerprint density at radius 3 is 1.84 bits per heavy atom. The smallest absolute Gasteiger partial charge is 0.410 e. The highest BCUT2D eigenvalue weighted by Gasteiger charge is 2.89. The molecule has 0 unspecified atom stereocenters. The van der Waals surface area contributed by atoms with Gasteiger partial charge in [0.2, 0.25) is 0 Å². The number of alkyl halides is 12. The van der Waals surface area contributed by atoms with E-state index in [1.54, 1.807) is 0 Å². The first kappa shape index (κ1) is 29.7. The van der Waals surface area contributed by atoms with Crippen molar-refractivity contribution >= 4 is 12.3 Å². The molecule has 0 aliphatic carbocycles. The largest absolute Gasteiger partial charge is 0.461 e. The molecule has 0 atom stereocenters. The minimum Gasteiger partial charge on any atom is -0.461 e. The fraction of sp³-hybridized carbons (Fsp3) is 0.625. The predicted molar refractivity (Wildman–Crippen MR) is 81.5 cm³/mol. The molecule has 0 saturated heterocycles. The molecular weight excluding hydrogens is 484 g/mol. The SMILES string of the molecule is O=C/C=C/C=C/COCCCOC(=O)C(F)(F)C(F)(F)C(F)(F)C(F)(F)C(F)(F)C(F)F. The highest BCUT2D eigenvalue weighted by atomic mass is 19.4. The van der Waals surface area contributed by atoms with Crippen molar-refractivity contribution in [1.29, 1.82) is 0 Å². The minimum atomic E-state index is -7.80. The maximum atomic E-state index is 13.4. The molecule has 0 fully saturated rings. The lowest BCUT2D eigenvalue weighted by molar-refractivity contribution is -0.408. The summed E-state index contributed by atoms with van der Waals surface area (Å²) in [6, 6.07) is 0. The topological polar surface area (TPSA) is 52.6 Å². The average molecular weight is 498 g/mol. The number of carbonyl (C=O) groups is 2. The Hall–Kier alpha value is -2.26. The molecule has 0 aliphatic rings. The predicted octanol–water partition coefficient (Wildman–Crippen LogP) is 4.69. The zero-order chi connectivity index (χ0) is 25.4. The second kappa shape index (κ2) is 11.0. The number of aldehydes is 1. The Morgan fingerprint density at radius 2 is 1.34 bits per heavy atom. The van der Waals surface area contributed by atoms with E-state index < -0.39 is 55.0 Å². The fourth-order valence-corrected chi connectivity index (χ4v) is 1.68. The molecule has 0 bridgehead atoms. The van der Waals surface area contributed by atoms with Crippen LogP contribution in [-0.2, 0) is 19.1 Å². The van der Waals surface area contributed by atoms with E-state index in [1.807, 2.05) is 0 Å². The second-order valence-corrected chi connectivity index (χ2v) is 5.73. The summed E-state index contributed by atoms with van der Waals surface area (Å²) in [6.45, 7) is -1.66. The van der Waals surface area contributed by atoms with Gasteiger partial charge in [0, 0.05) is 6.42 Å². The molecular formula is C16H14F12O4. The second-order valence-electron chi connectivity index (χ2n) is 5.73. The zero-order valence-corrected chi connectivity index (χ0v) is 15.5. The van der Waals surface area contributed by atoms with Crippen LogP contribution >= 0.6 is 0 Å². The first-order valence-corrected chi connectivity index (χ1v) is 8.12. The summed E-state index contributed by atoms with van der Waals surface area (Å²) in [7, 11) is 0. The van der Waals surface area contributed by atoms with Crippen molar-refractivity contribution in [3.05, 3.63) is 24.3 Å². The van der Waals surface area contributed by atoms with Crippen LogP contribution in [0.5, 0.6) is 0 Å². The van der Waals surface area contributed by atoms with Gasteiger partial charge in [0.05, 0.1) is 19.8 Å². The highest BCUT2D eigenvalue weighted by molar-refractivity contribution is 5.79. The van der Waals surface area contributed by atoms with Crippen molar-refractivity contribution in [2.24, 2.45) is 0 Å². The van der Waals surface area contributed by atoms with Crippen LogP contribution in [0.3, 0.4) is 0 Å². The molecule has 32 heavy (non-hydrogen) atoms. The van der Waals surface area contributed by atoms with Crippen LogP contribution in [0.25, 0.3) is 0 Å². The number of hydrogen-bond acceptors (Lipinski definition) is 4. The van der Waals surface area contributed by atoms with Gasteiger partial charge in [0.25, 0.3) is 0 Å². The molecule has 0 aromatic heterocycles. The van der Waals surface area contributed by atoms with Crippen LogP contribution in [-0.4, -0.2) is 68.1 Å². The van der Waals surface area contributed by atoms with Crippen molar-refractivity contribution in [3.8, 4) is 0 Å². The van der Waals surface area contributed by atoms with E-state index in [4.69, 9.17) is 4.74 Å². The Labute approximate surface area is 171 Å². The Kier molecular flexibility index (Phi) is 10.3. The highest BCUT2D eigenvalue weighted by Crippen LogP contribution is 2.58. The van der Waals surface area contributed by atoms with Gasteiger partial charge in [-0.3, -0.25) is 4.79 Å². The van der Waals surface area contributed by atoms with E-state index in [9.17, 15) is 62.3 Å². The lowest BCUT2D eigenvalue weighted by Crippen LogP contribution is -2.70. The van der Waals surface area contributed by atoms with Crippen LogP contribution in [0.1, 0.15) is 6.42 Å². The van der Waals surface area contributed by atoms with Gasteiger partial charge in [-0.25, -0.2) is 13.6 Å². The monoisotopic (exact) mass is 498 g/mol. The van der Waals surface area contributed by atoms with Gasteiger partial charge in [0.15, 0.2) is 0 Å². The first-order valence-electron chi connectivity index (χ1n) is 8.12. The number of carbonyl (C=O) groups excluding carboxylic acids is 2. The number of hydrogen-bond donors (Lipinski definition) is 0. The van der Waals surface area contributed by atoms with Gasteiger partial charge in [-0.2, -0.15) is 43.9 Å². The molecule has 0 amide bonds. The van der Waals surface area contributed by atoms with Gasteiger partial charge in [-0.15, -0.1) is 0 Å². The number of rotatable bonds is 14. The number of allylic oxidation sites excluding steroid dienone is 3. The standard InChI is InChI=1S/C16H14F12O4/c17-10(18)12(19,20)14(23,24)16(27,28)15(25,26)13(21,22)11(30)32-9-5-8-31-7-4-2-1-3-6-29/h1-4,6,10H,5,7-9H2/b3-1+,4-2+. The Balaban J connectivity index is 5.11. The maximum Gasteiger partial charge on any atom is 0.410 e. The van der Waals surface area contributed by atoms with E-state index in [0.717, 1.165) is 6.08 Å². The summed E-state index contributed by atoms with van der Waals surface area (Å²) >= 11 is 0. The summed E-state index contributed by atoms with van der Waals surface area (Å²) in [4.78, 5) is 21.0. The van der Waals surface area contributed by atoms with Crippen molar-refractivity contribution in [2.75, 3.05) is 19.8 Å². The van der Waals surface area contributed by atoms with Crippen LogP contribution in [0.4, 0.5) is 52.7 Å². The van der Waals surface area contributed by atoms with Gasteiger partial charge in [0.1, 0.15) is 6.29 Å². The van der Waals surface area contributed by atoms with Crippen LogP contribution in [0, 0.1) is 0 Å². The molecule has 0 aromatic carbocycles. The third-order valence-corrected chi connectivity index (χ3v) is 3.45. The molecule has 0 heterocycles. The quantitative estimate of drug-likeness (QED) is 0.0872. The zero-order valence-electron chi connectivity index (χ0n) is 15.5. The molecule has 0 rings (SSSR count). The molecule has 0 radical (unpaired) electrons. The number of halogens is 12. The van der Waals surface area contributed by atoms with E-state index in [0.29, 0.717) is 6.29 Å². The summed E-state index contributed by atoms with van der Waals surface area (Å²) < 4.78 is 164. The molecule has 0 saturated carbocycles. The van der Waals surface area contributed by atoms with Crippen molar-refractivity contribution in [3.63, 3.8) is 0 Å². The molecule has 0 spiro atoms. The lowest BCUT2D eigenvalue weighted by atomic mass is 9.94. The summed E-state index contributed by atoms with van der Waals surface area (Å²) in [5.74, 6) is -40.5. The summed E-state index contributed by atoms with van der Waals surface area (Å²) in [5, 5.41) is 0. The molecule has 0 aromatic rings. The first-order chi connectivity index (χ1) is 14.4. The molecule has 4 nitrogen and oxygen atoms in total. The van der Waals surface area contributed by atoms with Crippen molar-refractivity contribution in [2.45, 2.75) is 42.5 Å². The van der Waals surface area contributed by atoms with Crippen LogP contribution in [0.15, 0.2) is 24.3 Å². The molecule has 186 valence electrons. The lowest BCUT2D eigenvalue weighted by Gasteiger charge is -2.38. The summed E-state index contributed by atoms with van der Waals surface area (Å²) in [6.07, 6.45) is -0.545. The van der Waals surface area contributed by atoms with Crippen molar-refractivity contribution in [1.82, 2.24) is 0 Å². The Morgan fingerprint density at radius 1 is 0.781 bits per heavy atom.